The van der Waals surface area contributed by atoms with Gasteiger partial charge in [-0.2, -0.15) is 5.26 Å². The normalized spacial score (nSPS) is 11.5. The molecule has 5 nitrogen and oxygen atoms in total. The van der Waals surface area contributed by atoms with E-state index >= 15 is 0 Å². The van der Waals surface area contributed by atoms with Gasteiger partial charge in [-0.15, -0.1) is 0 Å². The summed E-state index contributed by atoms with van der Waals surface area (Å²) < 4.78 is 2.32. The molecule has 0 aliphatic carbocycles. The number of benzene rings is 9. The Kier molecular flexibility index (Phi) is 7.48. The number of hydrogen-bond donors (Lipinski definition) is 0. The van der Waals surface area contributed by atoms with E-state index in [1.54, 1.807) is 0 Å². The minimum absolute atomic E-state index is 0.612. The van der Waals surface area contributed by atoms with Crippen LogP contribution in [0, 0.1) is 11.3 Å². The molecule has 11 rings (SSSR count). The lowest BCUT2D eigenvalue weighted by molar-refractivity contribution is 1.08. The Morgan fingerprint density at radius 3 is 1.49 bits per heavy atom. The van der Waals surface area contributed by atoms with Crippen molar-refractivity contribution < 1.29 is 0 Å². The first-order chi connectivity index (χ1) is 28.2. The van der Waals surface area contributed by atoms with Gasteiger partial charge in [0.2, 0.25) is 0 Å². The maximum atomic E-state index is 9.86. The molecule has 0 bridgehead atoms. The van der Waals surface area contributed by atoms with Crippen LogP contribution in [0.1, 0.15) is 5.56 Å². The molecule has 0 amide bonds. The molecule has 0 spiro atoms. The first kappa shape index (κ1) is 32.5. The SMILES string of the molecule is N#Cc1ccc2c(c1)c1cc(-c3ccc(-c4nc(-c5ccc6ccccc6c5)nc(-c5ccc6ccccc6c5)n4)cc3)ccc1n2-c1cccc2ccccc12. The highest BCUT2D eigenvalue weighted by molar-refractivity contribution is 6.12. The Hall–Kier alpha value is -7.94. The molecule has 11 aromatic rings. The van der Waals surface area contributed by atoms with Crippen LogP contribution < -0.4 is 0 Å². The summed E-state index contributed by atoms with van der Waals surface area (Å²) in [5.74, 6) is 1.87. The van der Waals surface area contributed by atoms with Gasteiger partial charge in [0.25, 0.3) is 0 Å². The van der Waals surface area contributed by atoms with Gasteiger partial charge >= 0.3 is 0 Å². The summed E-state index contributed by atoms with van der Waals surface area (Å²) >= 11 is 0. The van der Waals surface area contributed by atoms with Crippen molar-refractivity contribution in [1.82, 2.24) is 19.5 Å². The van der Waals surface area contributed by atoms with Gasteiger partial charge in [-0.25, -0.2) is 15.0 Å². The van der Waals surface area contributed by atoms with Gasteiger partial charge in [0.1, 0.15) is 0 Å². The molecule has 9 aromatic carbocycles. The van der Waals surface area contributed by atoms with E-state index in [4.69, 9.17) is 15.0 Å². The van der Waals surface area contributed by atoms with Crippen LogP contribution in [0.3, 0.4) is 0 Å². The van der Waals surface area contributed by atoms with Gasteiger partial charge in [0.15, 0.2) is 17.5 Å². The molecule has 0 atom stereocenters. The maximum Gasteiger partial charge on any atom is 0.164 e. The quantitative estimate of drug-likeness (QED) is 0.177. The standard InChI is InChI=1S/C52H31N5/c53-32-33-16-26-48-45(28-33)46-31-41(25-27-49(46)57(48)47-15-7-13-37-10-5-6-14-44(37)47)36-17-21-38(22-18-36)50-54-51(42-23-19-34-8-1-3-11-39(34)29-42)56-52(55-50)43-24-20-35-9-2-4-12-40(35)30-43/h1-31H. The molecular weight excluding hydrogens is 695 g/mol. The van der Waals surface area contributed by atoms with Crippen molar-refractivity contribution in [1.29, 1.82) is 5.26 Å². The van der Waals surface area contributed by atoms with Crippen LogP contribution in [0.15, 0.2) is 188 Å². The predicted molar refractivity (Wildman–Crippen MR) is 233 cm³/mol. The third-order valence-electron chi connectivity index (χ3n) is 11.0. The summed E-state index contributed by atoms with van der Waals surface area (Å²) in [6.45, 7) is 0. The fourth-order valence-corrected chi connectivity index (χ4v) is 8.17. The van der Waals surface area contributed by atoms with Crippen LogP contribution in [0.4, 0.5) is 0 Å². The first-order valence-corrected chi connectivity index (χ1v) is 19.0. The molecule has 2 heterocycles. The Morgan fingerprint density at radius 2 is 0.842 bits per heavy atom. The van der Waals surface area contributed by atoms with Gasteiger partial charge in [0.05, 0.1) is 28.4 Å². The number of aromatic nitrogens is 4. The van der Waals surface area contributed by atoms with Gasteiger partial charge in [-0.05, 0) is 86.6 Å². The molecule has 0 radical (unpaired) electrons. The van der Waals surface area contributed by atoms with Crippen molar-refractivity contribution in [3.05, 3.63) is 194 Å². The second-order valence-corrected chi connectivity index (χ2v) is 14.4. The topological polar surface area (TPSA) is 67.4 Å². The van der Waals surface area contributed by atoms with Crippen molar-refractivity contribution >= 4 is 54.1 Å². The second-order valence-electron chi connectivity index (χ2n) is 14.4. The van der Waals surface area contributed by atoms with E-state index in [2.05, 4.69) is 187 Å². The van der Waals surface area contributed by atoms with Crippen molar-refractivity contribution in [2.75, 3.05) is 0 Å². The van der Waals surface area contributed by atoms with E-state index in [0.29, 0.717) is 23.0 Å². The van der Waals surface area contributed by atoms with Crippen molar-refractivity contribution in [2.24, 2.45) is 0 Å². The molecule has 264 valence electrons. The number of nitriles is 1. The number of hydrogen-bond acceptors (Lipinski definition) is 4. The van der Waals surface area contributed by atoms with Crippen LogP contribution in [-0.2, 0) is 0 Å². The predicted octanol–water partition coefficient (Wildman–Crippen LogP) is 13.0. The van der Waals surface area contributed by atoms with Crippen LogP contribution in [-0.4, -0.2) is 19.5 Å². The molecule has 5 heteroatoms. The summed E-state index contributed by atoms with van der Waals surface area (Å²) in [4.78, 5) is 15.2. The zero-order chi connectivity index (χ0) is 37.9. The highest BCUT2D eigenvalue weighted by Crippen LogP contribution is 2.38. The van der Waals surface area contributed by atoms with Crippen LogP contribution >= 0.6 is 0 Å². The maximum absolute atomic E-state index is 9.86. The minimum atomic E-state index is 0.612. The van der Waals surface area contributed by atoms with Gasteiger partial charge in [-0.3, -0.25) is 0 Å². The van der Waals surface area contributed by atoms with Crippen molar-refractivity contribution in [3.8, 4) is 57.0 Å². The van der Waals surface area contributed by atoms with E-state index in [-0.39, 0.29) is 0 Å². The molecule has 2 aromatic heterocycles. The lowest BCUT2D eigenvalue weighted by Crippen LogP contribution is -2.00. The highest BCUT2D eigenvalue weighted by atomic mass is 15.0. The van der Waals surface area contributed by atoms with Crippen molar-refractivity contribution in [3.63, 3.8) is 0 Å². The van der Waals surface area contributed by atoms with E-state index in [9.17, 15) is 5.26 Å². The summed E-state index contributed by atoms with van der Waals surface area (Å²) in [5, 5.41) is 19.0. The van der Waals surface area contributed by atoms with Gasteiger partial charge in [0, 0.05) is 32.8 Å². The minimum Gasteiger partial charge on any atom is -0.309 e. The Bertz CT molecular complexity index is 3320. The Morgan fingerprint density at radius 1 is 0.351 bits per heavy atom. The largest absolute Gasteiger partial charge is 0.309 e. The molecule has 0 saturated carbocycles. The lowest BCUT2D eigenvalue weighted by Gasteiger charge is -2.12. The third-order valence-corrected chi connectivity index (χ3v) is 11.0. The second kappa shape index (κ2) is 13.1. The Balaban J connectivity index is 1.03. The molecule has 0 aliphatic heterocycles. The van der Waals surface area contributed by atoms with E-state index < -0.39 is 0 Å². The number of rotatable bonds is 5. The van der Waals surface area contributed by atoms with E-state index in [1.807, 2.05) is 12.1 Å². The smallest absolute Gasteiger partial charge is 0.164 e. The van der Waals surface area contributed by atoms with E-state index in [0.717, 1.165) is 66.1 Å². The number of nitrogens with zero attached hydrogens (tertiary/aromatic N) is 5. The molecular formula is C52H31N5. The van der Waals surface area contributed by atoms with Crippen LogP contribution in [0.5, 0.6) is 0 Å². The molecule has 0 aliphatic rings. The molecule has 0 saturated heterocycles. The molecule has 0 N–H and O–H groups in total. The monoisotopic (exact) mass is 725 g/mol. The van der Waals surface area contributed by atoms with Gasteiger partial charge in [-0.1, -0.05) is 140 Å². The summed E-state index contributed by atoms with van der Waals surface area (Å²) in [6.07, 6.45) is 0. The number of fused-ring (bicyclic) bond motifs is 6. The zero-order valence-electron chi connectivity index (χ0n) is 30.6. The molecule has 0 unspecified atom stereocenters. The zero-order valence-corrected chi connectivity index (χ0v) is 30.6. The summed E-state index contributed by atoms with van der Waals surface area (Å²) in [6, 6.07) is 67.7. The molecule has 0 fully saturated rings. The first-order valence-electron chi connectivity index (χ1n) is 19.0. The average molecular weight is 726 g/mol. The van der Waals surface area contributed by atoms with Crippen LogP contribution in [0.25, 0.3) is 105 Å². The third kappa shape index (κ3) is 5.59. The Labute approximate surface area is 328 Å². The summed E-state index contributed by atoms with van der Waals surface area (Å²) in [7, 11) is 0. The fourth-order valence-electron chi connectivity index (χ4n) is 8.17. The van der Waals surface area contributed by atoms with Crippen molar-refractivity contribution in [2.45, 2.75) is 0 Å². The summed E-state index contributed by atoms with van der Waals surface area (Å²) in [5.41, 5.74) is 8.82. The highest BCUT2D eigenvalue weighted by Gasteiger charge is 2.17. The van der Waals surface area contributed by atoms with Gasteiger partial charge < -0.3 is 4.57 Å². The van der Waals surface area contributed by atoms with Crippen LogP contribution in [0.2, 0.25) is 0 Å². The average Bonchev–Trinajstić information content (AvgIpc) is 3.61. The molecule has 57 heavy (non-hydrogen) atoms. The fraction of sp³-hybridized carbons (Fsp3) is 0. The van der Waals surface area contributed by atoms with E-state index in [1.165, 1.54) is 21.5 Å². The lowest BCUT2D eigenvalue weighted by atomic mass is 10.0.